The first-order valence-electron chi connectivity index (χ1n) is 7.06. The lowest BCUT2D eigenvalue weighted by molar-refractivity contribution is 0.0723. The maximum atomic E-state index is 14.4. The van der Waals surface area contributed by atoms with Gasteiger partial charge in [0.25, 0.3) is 0 Å². The molecule has 1 nitrogen and oxygen atoms in total. The van der Waals surface area contributed by atoms with Crippen LogP contribution in [0.2, 0.25) is 0 Å². The van der Waals surface area contributed by atoms with Crippen LogP contribution in [0.25, 0.3) is 0 Å². The van der Waals surface area contributed by atoms with E-state index in [0.29, 0.717) is 5.56 Å². The molecule has 3 rings (SSSR count). The summed E-state index contributed by atoms with van der Waals surface area (Å²) in [5.41, 5.74) is 1.73. The second-order valence-electron chi connectivity index (χ2n) is 5.62. The smallest absolute Gasteiger partial charge is 0.197 e. The van der Waals surface area contributed by atoms with Crippen molar-refractivity contribution in [3.8, 4) is 0 Å². The Kier molecular flexibility index (Phi) is 3.19. The van der Waals surface area contributed by atoms with Crippen LogP contribution in [0.5, 0.6) is 0 Å². The third kappa shape index (κ3) is 1.88. The van der Waals surface area contributed by atoms with Crippen molar-refractivity contribution in [1.82, 2.24) is 0 Å². The van der Waals surface area contributed by atoms with E-state index in [0.717, 1.165) is 31.2 Å². The predicted octanol–water partition coefficient (Wildman–Crippen LogP) is 4.28. The Balaban J connectivity index is 2.03. The van der Waals surface area contributed by atoms with Crippen LogP contribution < -0.4 is 0 Å². The van der Waals surface area contributed by atoms with Crippen molar-refractivity contribution >= 4 is 5.78 Å². The monoisotopic (exact) mass is 246 g/mol. The van der Waals surface area contributed by atoms with E-state index in [2.05, 4.69) is 0 Å². The molecule has 3 atom stereocenters. The quantitative estimate of drug-likeness (QED) is 0.668. The van der Waals surface area contributed by atoms with Gasteiger partial charge < -0.3 is 0 Å². The highest BCUT2D eigenvalue weighted by Crippen LogP contribution is 2.44. The zero-order valence-corrected chi connectivity index (χ0v) is 10.6. The van der Waals surface area contributed by atoms with Gasteiger partial charge in [-0.15, -0.1) is 0 Å². The number of carbonyl (C=O) groups excluding carboxylic acids is 1. The Labute approximate surface area is 107 Å². The minimum atomic E-state index is -1.28. The molecule has 0 amide bonds. The molecule has 1 aromatic carbocycles. The first-order chi connectivity index (χ1) is 8.79. The van der Waals surface area contributed by atoms with Gasteiger partial charge >= 0.3 is 0 Å². The van der Waals surface area contributed by atoms with E-state index in [1.807, 2.05) is 18.2 Å². The summed E-state index contributed by atoms with van der Waals surface area (Å²) in [6.07, 6.45) is 5.29. The Bertz CT molecular complexity index is 454. The molecule has 0 radical (unpaired) electrons. The standard InChI is InChI=1S/C16H19FO/c17-15-13-9-4-2-1-3-7-11(13)12-8-5-6-10-14(12)16(15)18/h5-6,8,10-11,13,15H,1-4,7,9H2. The second-order valence-corrected chi connectivity index (χ2v) is 5.62. The lowest BCUT2D eigenvalue weighted by atomic mass is 9.68. The highest BCUT2D eigenvalue weighted by molar-refractivity contribution is 6.02. The Morgan fingerprint density at radius 3 is 2.56 bits per heavy atom. The Morgan fingerprint density at radius 2 is 1.72 bits per heavy atom. The highest BCUT2D eigenvalue weighted by atomic mass is 19.1. The number of fused-ring (bicyclic) bond motifs is 3. The predicted molar refractivity (Wildman–Crippen MR) is 69.6 cm³/mol. The largest absolute Gasteiger partial charge is 0.291 e. The first-order valence-corrected chi connectivity index (χ1v) is 7.06. The van der Waals surface area contributed by atoms with Crippen molar-refractivity contribution in [3.05, 3.63) is 35.4 Å². The fourth-order valence-corrected chi connectivity index (χ4v) is 3.64. The molecule has 0 bridgehead atoms. The van der Waals surface area contributed by atoms with E-state index in [4.69, 9.17) is 0 Å². The number of carbonyl (C=O) groups is 1. The summed E-state index contributed by atoms with van der Waals surface area (Å²) in [7, 11) is 0. The number of hydrogen-bond donors (Lipinski definition) is 0. The molecule has 2 heteroatoms. The fraction of sp³-hybridized carbons (Fsp3) is 0.562. The number of rotatable bonds is 0. The normalized spacial score (nSPS) is 32.1. The summed E-state index contributed by atoms with van der Waals surface area (Å²) in [6, 6.07) is 7.63. The fourth-order valence-electron chi connectivity index (χ4n) is 3.64. The number of hydrogen-bond acceptors (Lipinski definition) is 1. The van der Waals surface area contributed by atoms with Crippen LogP contribution in [0.3, 0.4) is 0 Å². The summed E-state index contributed by atoms with van der Waals surface area (Å²) >= 11 is 0. The number of benzene rings is 1. The van der Waals surface area contributed by atoms with Crippen molar-refractivity contribution < 1.29 is 9.18 Å². The van der Waals surface area contributed by atoms with Crippen molar-refractivity contribution in [2.24, 2.45) is 5.92 Å². The molecule has 18 heavy (non-hydrogen) atoms. The first kappa shape index (κ1) is 11.9. The van der Waals surface area contributed by atoms with Gasteiger partial charge in [-0.1, -0.05) is 49.9 Å². The third-order valence-corrected chi connectivity index (χ3v) is 4.57. The molecule has 2 aliphatic carbocycles. The van der Waals surface area contributed by atoms with Crippen molar-refractivity contribution in [2.75, 3.05) is 0 Å². The van der Waals surface area contributed by atoms with Gasteiger partial charge in [0.1, 0.15) is 0 Å². The molecule has 3 unspecified atom stereocenters. The molecule has 96 valence electrons. The maximum Gasteiger partial charge on any atom is 0.197 e. The van der Waals surface area contributed by atoms with Gasteiger partial charge in [-0.2, -0.15) is 0 Å². The zero-order valence-electron chi connectivity index (χ0n) is 10.6. The van der Waals surface area contributed by atoms with Gasteiger partial charge in [-0.05, 0) is 24.3 Å². The molecule has 0 N–H and O–H groups in total. The molecule has 0 aliphatic heterocycles. The molecule has 2 aliphatic rings. The Morgan fingerprint density at radius 1 is 1.00 bits per heavy atom. The summed E-state index contributed by atoms with van der Waals surface area (Å²) in [4.78, 5) is 12.1. The van der Waals surface area contributed by atoms with Gasteiger partial charge in [0, 0.05) is 11.5 Å². The summed E-state index contributed by atoms with van der Waals surface area (Å²) in [6.45, 7) is 0. The van der Waals surface area contributed by atoms with E-state index < -0.39 is 6.17 Å². The van der Waals surface area contributed by atoms with E-state index in [1.165, 1.54) is 12.8 Å². The van der Waals surface area contributed by atoms with Gasteiger partial charge in [-0.25, -0.2) is 4.39 Å². The summed E-state index contributed by atoms with van der Waals surface area (Å²) in [5, 5.41) is 0. The molecule has 0 heterocycles. The van der Waals surface area contributed by atoms with Crippen molar-refractivity contribution in [3.63, 3.8) is 0 Å². The minimum Gasteiger partial charge on any atom is -0.291 e. The minimum absolute atomic E-state index is 0.0762. The van der Waals surface area contributed by atoms with Crippen LogP contribution in [0.4, 0.5) is 4.39 Å². The highest BCUT2D eigenvalue weighted by Gasteiger charge is 2.41. The van der Waals surface area contributed by atoms with Crippen molar-refractivity contribution in [2.45, 2.75) is 50.6 Å². The van der Waals surface area contributed by atoms with Crippen LogP contribution >= 0.6 is 0 Å². The molecule has 1 aromatic rings. The molecular formula is C16H19FO. The number of Topliss-reactive ketones (excluding diaryl/α,β-unsaturated/α-hetero) is 1. The van der Waals surface area contributed by atoms with Gasteiger partial charge in [0.2, 0.25) is 0 Å². The van der Waals surface area contributed by atoms with E-state index in [-0.39, 0.29) is 17.6 Å². The number of ketones is 1. The zero-order chi connectivity index (χ0) is 12.5. The second kappa shape index (κ2) is 4.83. The van der Waals surface area contributed by atoms with E-state index >= 15 is 0 Å². The molecular weight excluding hydrogens is 227 g/mol. The van der Waals surface area contributed by atoms with Crippen LogP contribution in [-0.4, -0.2) is 12.0 Å². The lowest BCUT2D eigenvalue weighted by Gasteiger charge is -2.36. The molecule has 0 spiro atoms. The average Bonchev–Trinajstić information content (AvgIpc) is 2.36. The molecule has 1 fully saturated rings. The molecule has 1 saturated carbocycles. The number of alkyl halides is 1. The van der Waals surface area contributed by atoms with Gasteiger partial charge in [0.05, 0.1) is 0 Å². The van der Waals surface area contributed by atoms with Crippen LogP contribution in [0, 0.1) is 5.92 Å². The van der Waals surface area contributed by atoms with Crippen LogP contribution in [0.15, 0.2) is 24.3 Å². The molecule has 0 saturated heterocycles. The number of halogens is 1. The Hall–Kier alpha value is -1.18. The lowest BCUT2D eigenvalue weighted by Crippen LogP contribution is -2.37. The summed E-state index contributed by atoms with van der Waals surface area (Å²) in [5.74, 6) is -0.102. The summed E-state index contributed by atoms with van der Waals surface area (Å²) < 4.78 is 14.4. The van der Waals surface area contributed by atoms with E-state index in [9.17, 15) is 9.18 Å². The van der Waals surface area contributed by atoms with Crippen LogP contribution in [0.1, 0.15) is 60.4 Å². The van der Waals surface area contributed by atoms with Crippen LogP contribution in [-0.2, 0) is 0 Å². The third-order valence-electron chi connectivity index (χ3n) is 4.57. The van der Waals surface area contributed by atoms with Crippen molar-refractivity contribution in [1.29, 1.82) is 0 Å². The topological polar surface area (TPSA) is 17.1 Å². The average molecular weight is 246 g/mol. The van der Waals surface area contributed by atoms with E-state index in [1.54, 1.807) is 6.07 Å². The van der Waals surface area contributed by atoms with Gasteiger partial charge in [0.15, 0.2) is 12.0 Å². The molecule has 0 aromatic heterocycles. The SMILES string of the molecule is O=C1c2ccccc2C2CCCCCCC2C1F. The van der Waals surface area contributed by atoms with Gasteiger partial charge in [-0.3, -0.25) is 4.79 Å². The maximum absolute atomic E-state index is 14.4.